The highest BCUT2D eigenvalue weighted by atomic mass is 16.5. The van der Waals surface area contributed by atoms with Crippen LogP contribution in [0.2, 0.25) is 0 Å². The number of rotatable bonds is 5. The molecule has 0 atom stereocenters. The highest BCUT2D eigenvalue weighted by Gasteiger charge is 2.27. The molecule has 1 N–H and O–H groups in total. The summed E-state index contributed by atoms with van der Waals surface area (Å²) in [5.41, 5.74) is 3.91. The standard InChI is InChI=1S/C21H25NO.C14H19NO.CH4/c1-20(2,3)17-11-12-19(18(13-17)21(4,5)15-22)23-14-16-9-7-6-8-10-16;1-13(2,3)10-6-7-12(16)11(8-10)14(4,5)9-15;/h6-13H,14H2,1-5H3;6-8,16H,1-5H3;1H4. The molecule has 0 amide bonds. The van der Waals surface area contributed by atoms with E-state index in [2.05, 4.69) is 65.8 Å². The Bertz CT molecular complexity index is 1340. The van der Waals surface area contributed by atoms with Gasteiger partial charge >= 0.3 is 0 Å². The summed E-state index contributed by atoms with van der Waals surface area (Å²) in [7, 11) is 0. The molecule has 0 bridgehead atoms. The van der Waals surface area contributed by atoms with Crippen LogP contribution in [0.3, 0.4) is 0 Å². The molecular weight excluding hydrogens is 492 g/mol. The number of phenolic OH excluding ortho intramolecular Hbond substituents is 1. The lowest BCUT2D eigenvalue weighted by Gasteiger charge is -2.25. The van der Waals surface area contributed by atoms with Crippen molar-refractivity contribution in [2.24, 2.45) is 0 Å². The van der Waals surface area contributed by atoms with E-state index in [-0.39, 0.29) is 24.0 Å². The maximum Gasteiger partial charge on any atom is 0.124 e. The molecule has 0 unspecified atom stereocenters. The largest absolute Gasteiger partial charge is 0.508 e. The van der Waals surface area contributed by atoms with Gasteiger partial charge in [-0.2, -0.15) is 10.5 Å². The minimum absolute atomic E-state index is 0. The first-order valence-electron chi connectivity index (χ1n) is 13.4. The molecule has 0 aliphatic rings. The molecule has 0 spiro atoms. The van der Waals surface area contributed by atoms with E-state index in [9.17, 15) is 10.4 Å². The molecule has 0 aliphatic carbocycles. The smallest absolute Gasteiger partial charge is 0.124 e. The Morgan fingerprint density at radius 2 is 1.10 bits per heavy atom. The van der Waals surface area contributed by atoms with Crippen molar-refractivity contribution in [2.45, 2.75) is 105 Å². The second kappa shape index (κ2) is 13.1. The second-order valence-corrected chi connectivity index (χ2v) is 13.2. The molecule has 4 heteroatoms. The fraction of sp³-hybridized carbons (Fsp3) is 0.444. The monoisotopic (exact) mass is 540 g/mol. The zero-order valence-corrected chi connectivity index (χ0v) is 25.3. The maximum atomic E-state index is 9.82. The van der Waals surface area contributed by atoms with Gasteiger partial charge in [0, 0.05) is 11.1 Å². The summed E-state index contributed by atoms with van der Waals surface area (Å²) >= 11 is 0. The Hall–Kier alpha value is -3.76. The van der Waals surface area contributed by atoms with Gasteiger partial charge in [-0.15, -0.1) is 0 Å². The van der Waals surface area contributed by atoms with Crippen molar-refractivity contribution in [2.75, 3.05) is 0 Å². The summed E-state index contributed by atoms with van der Waals surface area (Å²) in [5.74, 6) is 0.980. The quantitative estimate of drug-likeness (QED) is 0.349. The molecule has 0 fully saturated rings. The molecular formula is C36H48N2O2. The predicted octanol–water partition coefficient (Wildman–Crippen LogP) is 9.49. The van der Waals surface area contributed by atoms with E-state index in [0.29, 0.717) is 12.2 Å². The molecule has 3 aromatic rings. The lowest BCUT2D eigenvalue weighted by atomic mass is 9.80. The molecule has 4 nitrogen and oxygen atoms in total. The molecule has 40 heavy (non-hydrogen) atoms. The normalized spacial score (nSPS) is 11.7. The summed E-state index contributed by atoms with van der Waals surface area (Å²) in [6, 6.07) is 26.4. The highest BCUT2D eigenvalue weighted by molar-refractivity contribution is 5.47. The molecule has 0 aliphatic heterocycles. The van der Waals surface area contributed by atoms with Crippen LogP contribution in [0.15, 0.2) is 66.7 Å². The number of hydrogen-bond donors (Lipinski definition) is 1. The minimum atomic E-state index is -0.661. The number of nitriles is 2. The lowest BCUT2D eigenvalue weighted by Crippen LogP contribution is -2.19. The van der Waals surface area contributed by atoms with Gasteiger partial charge in [0.25, 0.3) is 0 Å². The Labute approximate surface area is 243 Å². The van der Waals surface area contributed by atoms with Crippen LogP contribution in [0.4, 0.5) is 0 Å². The number of phenols is 1. The summed E-state index contributed by atoms with van der Waals surface area (Å²) in [6.07, 6.45) is 0. The van der Waals surface area contributed by atoms with Crippen molar-refractivity contribution in [3.05, 3.63) is 94.5 Å². The number of benzene rings is 3. The molecule has 3 aromatic carbocycles. The second-order valence-electron chi connectivity index (χ2n) is 13.2. The van der Waals surface area contributed by atoms with Crippen LogP contribution in [0, 0.1) is 22.7 Å². The molecule has 0 heterocycles. The van der Waals surface area contributed by atoms with Crippen molar-refractivity contribution < 1.29 is 9.84 Å². The Balaban J connectivity index is 0.000000416. The Kier molecular flexibility index (Phi) is 11.2. The van der Waals surface area contributed by atoms with Gasteiger partial charge in [-0.05, 0) is 79.5 Å². The summed E-state index contributed by atoms with van der Waals surface area (Å²) in [5, 5.41) is 28.5. The van der Waals surface area contributed by atoms with Crippen molar-refractivity contribution in [1.29, 1.82) is 10.5 Å². The maximum absolute atomic E-state index is 9.82. The minimum Gasteiger partial charge on any atom is -0.508 e. The van der Waals surface area contributed by atoms with E-state index in [1.807, 2.05) is 76.2 Å². The molecule has 0 saturated heterocycles. The van der Waals surface area contributed by atoms with E-state index >= 15 is 0 Å². The van der Waals surface area contributed by atoms with Gasteiger partial charge in [-0.3, -0.25) is 0 Å². The van der Waals surface area contributed by atoms with Crippen LogP contribution in [0.25, 0.3) is 0 Å². The van der Waals surface area contributed by atoms with Crippen molar-refractivity contribution in [3.8, 4) is 23.6 Å². The molecule has 0 aromatic heterocycles. The summed E-state index contributed by atoms with van der Waals surface area (Å²) < 4.78 is 6.03. The molecule has 3 rings (SSSR count). The number of nitrogens with zero attached hydrogens (tertiary/aromatic N) is 2. The van der Waals surface area contributed by atoms with E-state index < -0.39 is 10.8 Å². The van der Waals surface area contributed by atoms with Gasteiger partial charge in [-0.1, -0.05) is 91.4 Å². The third kappa shape index (κ3) is 8.89. The zero-order chi connectivity index (χ0) is 29.6. The average molecular weight is 541 g/mol. The topological polar surface area (TPSA) is 77.0 Å². The first-order chi connectivity index (χ1) is 17.9. The zero-order valence-electron chi connectivity index (χ0n) is 25.3. The van der Waals surface area contributed by atoms with Gasteiger partial charge in [0.2, 0.25) is 0 Å². The number of hydrogen-bond acceptors (Lipinski definition) is 4. The van der Waals surface area contributed by atoms with E-state index in [1.165, 1.54) is 5.56 Å². The first kappa shape index (κ1) is 34.3. The molecule has 214 valence electrons. The predicted molar refractivity (Wildman–Crippen MR) is 167 cm³/mol. The number of aromatic hydroxyl groups is 1. The van der Waals surface area contributed by atoms with Gasteiger partial charge in [-0.25, -0.2) is 0 Å². The Morgan fingerprint density at radius 3 is 1.57 bits per heavy atom. The third-order valence-electron chi connectivity index (χ3n) is 6.85. The molecule has 0 saturated carbocycles. The SMILES string of the molecule is C.CC(C)(C)c1ccc(O)c(C(C)(C)C#N)c1.CC(C)(C)c1ccc(OCc2ccccc2)c(C(C)(C)C#N)c1. The van der Waals surface area contributed by atoms with Gasteiger partial charge in [0.1, 0.15) is 18.1 Å². The van der Waals surface area contributed by atoms with Crippen molar-refractivity contribution in [1.82, 2.24) is 0 Å². The molecule has 0 radical (unpaired) electrons. The van der Waals surface area contributed by atoms with Crippen molar-refractivity contribution >= 4 is 0 Å². The van der Waals surface area contributed by atoms with Crippen LogP contribution in [-0.2, 0) is 28.3 Å². The highest BCUT2D eigenvalue weighted by Crippen LogP contribution is 2.36. The van der Waals surface area contributed by atoms with E-state index in [1.54, 1.807) is 6.07 Å². The lowest BCUT2D eigenvalue weighted by molar-refractivity contribution is 0.299. The van der Waals surface area contributed by atoms with Crippen LogP contribution in [-0.4, -0.2) is 5.11 Å². The van der Waals surface area contributed by atoms with Gasteiger partial charge in [0.05, 0.1) is 23.0 Å². The van der Waals surface area contributed by atoms with Gasteiger partial charge in [0.15, 0.2) is 0 Å². The Morgan fingerprint density at radius 1 is 0.650 bits per heavy atom. The average Bonchev–Trinajstić information content (AvgIpc) is 2.87. The summed E-state index contributed by atoms with van der Waals surface area (Å²) in [6.45, 7) is 20.9. The fourth-order valence-electron chi connectivity index (χ4n) is 3.97. The van der Waals surface area contributed by atoms with Crippen molar-refractivity contribution in [3.63, 3.8) is 0 Å². The van der Waals surface area contributed by atoms with Gasteiger partial charge < -0.3 is 9.84 Å². The number of ether oxygens (including phenoxy) is 1. The van der Waals surface area contributed by atoms with Crippen LogP contribution < -0.4 is 4.74 Å². The van der Waals surface area contributed by atoms with Crippen LogP contribution >= 0.6 is 0 Å². The van der Waals surface area contributed by atoms with Crippen LogP contribution in [0.5, 0.6) is 11.5 Å². The fourth-order valence-corrected chi connectivity index (χ4v) is 3.97. The van der Waals surface area contributed by atoms with E-state index in [0.717, 1.165) is 22.4 Å². The summed E-state index contributed by atoms with van der Waals surface area (Å²) in [4.78, 5) is 0. The first-order valence-corrected chi connectivity index (χ1v) is 13.4. The van der Waals surface area contributed by atoms with Crippen LogP contribution in [0.1, 0.15) is 104 Å². The van der Waals surface area contributed by atoms with E-state index in [4.69, 9.17) is 10.00 Å². The third-order valence-corrected chi connectivity index (χ3v) is 6.85.